The molecule has 0 aliphatic carbocycles. The van der Waals surface area contributed by atoms with Crippen molar-refractivity contribution in [1.29, 1.82) is 0 Å². The van der Waals surface area contributed by atoms with E-state index in [0.717, 1.165) is 18.9 Å². The third-order valence-corrected chi connectivity index (χ3v) is 1.82. The van der Waals surface area contributed by atoms with Crippen molar-refractivity contribution in [2.45, 2.75) is 6.42 Å². The molecular weight excluding hydrogens is 140 g/mol. The summed E-state index contributed by atoms with van der Waals surface area (Å²) in [6, 6.07) is 0. The number of hydrogen-bond donors (Lipinski definition) is 1. The van der Waals surface area contributed by atoms with Crippen LogP contribution in [0.25, 0.3) is 0 Å². The van der Waals surface area contributed by atoms with Crippen molar-refractivity contribution in [3.05, 3.63) is 12.4 Å². The van der Waals surface area contributed by atoms with Crippen LogP contribution in [-0.2, 0) is 0 Å². The highest BCUT2D eigenvalue weighted by atomic mass is 15.2. The number of rotatable bonds is 1. The highest BCUT2D eigenvalue weighted by molar-refractivity contribution is 5.43. The smallest absolute Gasteiger partial charge is 0.149 e. The molecular formula is C7H10N4. The molecule has 2 N–H and O–H groups in total. The van der Waals surface area contributed by atoms with Crippen LogP contribution < -0.4 is 10.6 Å². The molecule has 1 fully saturated rings. The summed E-state index contributed by atoms with van der Waals surface area (Å²) in [5, 5.41) is 0. The Bertz CT molecular complexity index is 256. The zero-order valence-electron chi connectivity index (χ0n) is 6.20. The minimum atomic E-state index is 0.495. The molecule has 4 heteroatoms. The second kappa shape index (κ2) is 2.38. The summed E-state index contributed by atoms with van der Waals surface area (Å²) in [5.41, 5.74) is 5.47. The summed E-state index contributed by atoms with van der Waals surface area (Å²) in [6.45, 7) is 2.16. The van der Waals surface area contributed by atoms with Crippen LogP contribution in [0.3, 0.4) is 0 Å². The van der Waals surface area contributed by atoms with Crippen molar-refractivity contribution in [1.82, 2.24) is 9.97 Å². The molecule has 11 heavy (non-hydrogen) atoms. The molecule has 1 aromatic rings. The van der Waals surface area contributed by atoms with Gasteiger partial charge in [0.1, 0.15) is 11.6 Å². The molecule has 0 atom stereocenters. The average Bonchev–Trinajstić information content (AvgIpc) is 1.83. The fourth-order valence-electron chi connectivity index (χ4n) is 1.07. The molecule has 1 aliphatic heterocycles. The third-order valence-electron chi connectivity index (χ3n) is 1.82. The molecule has 0 amide bonds. The third kappa shape index (κ3) is 1.11. The molecule has 2 heterocycles. The van der Waals surface area contributed by atoms with Crippen molar-refractivity contribution in [3.8, 4) is 0 Å². The number of aromatic nitrogens is 2. The van der Waals surface area contributed by atoms with Crippen molar-refractivity contribution in [2.24, 2.45) is 0 Å². The average molecular weight is 150 g/mol. The van der Waals surface area contributed by atoms with Gasteiger partial charge in [-0.15, -0.1) is 0 Å². The summed E-state index contributed by atoms with van der Waals surface area (Å²) < 4.78 is 0. The van der Waals surface area contributed by atoms with E-state index in [2.05, 4.69) is 14.9 Å². The SMILES string of the molecule is Nc1cncc(N2CCC2)n1. The lowest BCUT2D eigenvalue weighted by molar-refractivity contribution is 0.609. The molecule has 58 valence electrons. The highest BCUT2D eigenvalue weighted by Crippen LogP contribution is 2.16. The zero-order chi connectivity index (χ0) is 7.68. The van der Waals surface area contributed by atoms with E-state index in [1.165, 1.54) is 6.42 Å². The van der Waals surface area contributed by atoms with E-state index in [-0.39, 0.29) is 0 Å². The van der Waals surface area contributed by atoms with Gasteiger partial charge in [-0.25, -0.2) is 4.98 Å². The number of anilines is 2. The summed E-state index contributed by atoms with van der Waals surface area (Å²) in [4.78, 5) is 10.3. The van der Waals surface area contributed by atoms with Crippen LogP contribution in [0, 0.1) is 0 Å². The summed E-state index contributed by atoms with van der Waals surface area (Å²) in [5.74, 6) is 1.39. The Balaban J connectivity index is 2.23. The first-order valence-electron chi connectivity index (χ1n) is 3.69. The van der Waals surface area contributed by atoms with E-state index in [1.54, 1.807) is 12.4 Å². The zero-order valence-corrected chi connectivity index (χ0v) is 6.20. The van der Waals surface area contributed by atoms with Gasteiger partial charge >= 0.3 is 0 Å². The van der Waals surface area contributed by atoms with Gasteiger partial charge in [0.25, 0.3) is 0 Å². The normalized spacial score (nSPS) is 16.2. The molecule has 0 bridgehead atoms. The van der Waals surface area contributed by atoms with Crippen molar-refractivity contribution in [2.75, 3.05) is 23.7 Å². The van der Waals surface area contributed by atoms with Gasteiger partial charge in [-0.05, 0) is 6.42 Å². The van der Waals surface area contributed by atoms with Crippen LogP contribution >= 0.6 is 0 Å². The maximum absolute atomic E-state index is 5.47. The highest BCUT2D eigenvalue weighted by Gasteiger charge is 2.15. The van der Waals surface area contributed by atoms with Gasteiger partial charge in [-0.2, -0.15) is 0 Å². The Morgan fingerprint density at radius 2 is 2.18 bits per heavy atom. The van der Waals surface area contributed by atoms with Gasteiger partial charge in [-0.3, -0.25) is 4.98 Å². The van der Waals surface area contributed by atoms with Gasteiger partial charge in [0.05, 0.1) is 12.4 Å². The van der Waals surface area contributed by atoms with E-state index < -0.39 is 0 Å². The van der Waals surface area contributed by atoms with Crippen LogP contribution in [0.15, 0.2) is 12.4 Å². The van der Waals surface area contributed by atoms with Crippen LogP contribution in [0.2, 0.25) is 0 Å². The number of nitrogens with zero attached hydrogens (tertiary/aromatic N) is 3. The van der Waals surface area contributed by atoms with E-state index in [4.69, 9.17) is 5.73 Å². The summed E-state index contributed by atoms with van der Waals surface area (Å²) in [7, 11) is 0. The predicted molar refractivity (Wildman–Crippen MR) is 43.3 cm³/mol. The maximum Gasteiger partial charge on any atom is 0.149 e. The lowest BCUT2D eigenvalue weighted by atomic mass is 10.2. The molecule has 2 rings (SSSR count). The standard InChI is InChI=1S/C7H10N4/c8-6-4-9-5-7(10-6)11-2-1-3-11/h4-5H,1-3H2,(H2,8,10). The molecule has 0 saturated carbocycles. The van der Waals surface area contributed by atoms with Gasteiger partial charge < -0.3 is 10.6 Å². The number of nitrogens with two attached hydrogens (primary N) is 1. The van der Waals surface area contributed by atoms with E-state index >= 15 is 0 Å². The molecule has 0 radical (unpaired) electrons. The predicted octanol–water partition coefficient (Wildman–Crippen LogP) is 0.269. The topological polar surface area (TPSA) is 55.0 Å². The second-order valence-corrected chi connectivity index (χ2v) is 2.64. The maximum atomic E-state index is 5.47. The Kier molecular flexibility index (Phi) is 1.38. The van der Waals surface area contributed by atoms with E-state index in [1.807, 2.05) is 0 Å². The Labute approximate surface area is 65.1 Å². The lowest BCUT2D eigenvalue weighted by Gasteiger charge is -2.31. The number of nitrogen functional groups attached to an aromatic ring is 1. The monoisotopic (exact) mass is 150 g/mol. The Morgan fingerprint density at radius 3 is 2.73 bits per heavy atom. The fourth-order valence-corrected chi connectivity index (χ4v) is 1.07. The molecule has 1 aliphatic rings. The van der Waals surface area contributed by atoms with E-state index in [9.17, 15) is 0 Å². The van der Waals surface area contributed by atoms with Gasteiger partial charge in [0.15, 0.2) is 0 Å². The Hall–Kier alpha value is -1.32. The quantitative estimate of drug-likeness (QED) is 0.624. The van der Waals surface area contributed by atoms with Crippen molar-refractivity contribution < 1.29 is 0 Å². The second-order valence-electron chi connectivity index (χ2n) is 2.64. The molecule has 1 saturated heterocycles. The van der Waals surface area contributed by atoms with Crippen LogP contribution in [0.1, 0.15) is 6.42 Å². The van der Waals surface area contributed by atoms with Crippen molar-refractivity contribution >= 4 is 11.6 Å². The van der Waals surface area contributed by atoms with Crippen LogP contribution in [0.4, 0.5) is 11.6 Å². The van der Waals surface area contributed by atoms with E-state index in [0.29, 0.717) is 5.82 Å². The number of hydrogen-bond acceptors (Lipinski definition) is 4. The lowest BCUT2D eigenvalue weighted by Crippen LogP contribution is -2.37. The molecule has 4 nitrogen and oxygen atoms in total. The molecule has 1 aromatic heterocycles. The first-order chi connectivity index (χ1) is 5.36. The first kappa shape index (κ1) is 6.39. The minimum Gasteiger partial charge on any atom is -0.382 e. The molecule has 0 aromatic carbocycles. The van der Waals surface area contributed by atoms with Gasteiger partial charge in [0.2, 0.25) is 0 Å². The first-order valence-corrected chi connectivity index (χ1v) is 3.69. The Morgan fingerprint density at radius 1 is 1.36 bits per heavy atom. The summed E-state index contributed by atoms with van der Waals surface area (Å²) >= 11 is 0. The minimum absolute atomic E-state index is 0.495. The fraction of sp³-hybridized carbons (Fsp3) is 0.429. The van der Waals surface area contributed by atoms with Gasteiger partial charge in [0, 0.05) is 13.1 Å². The van der Waals surface area contributed by atoms with Crippen LogP contribution in [-0.4, -0.2) is 23.1 Å². The van der Waals surface area contributed by atoms with Crippen molar-refractivity contribution in [3.63, 3.8) is 0 Å². The summed E-state index contributed by atoms with van der Waals surface area (Å²) in [6.07, 6.45) is 4.55. The van der Waals surface area contributed by atoms with Gasteiger partial charge in [-0.1, -0.05) is 0 Å². The van der Waals surface area contributed by atoms with Crippen LogP contribution in [0.5, 0.6) is 0 Å². The largest absolute Gasteiger partial charge is 0.382 e. The molecule has 0 unspecified atom stereocenters. The molecule has 0 spiro atoms.